The summed E-state index contributed by atoms with van der Waals surface area (Å²) in [4.78, 5) is 14.7. The number of carbonyl (C=O) groups excluding carboxylic acids is 1. The minimum absolute atomic E-state index is 0.155. The first-order valence-electron chi connectivity index (χ1n) is 8.84. The maximum Gasteiger partial charge on any atom is 0.266 e. The number of benzene rings is 2. The Morgan fingerprint density at radius 1 is 1.14 bits per heavy atom. The van der Waals surface area contributed by atoms with Crippen LogP contribution >= 0.6 is 24.0 Å². The molecule has 1 amide bonds. The third-order valence-corrected chi connectivity index (χ3v) is 5.73. The standard InChI is InChI=1S/C22H16FN3OS2/c1-2-12-25-21(27)19(29-22(25)28)13-16-14-26(18-6-4-3-5-7-18)24-20(16)15-8-10-17(23)11-9-15/h2-11,13-14H,1,12H2/b19-13-. The Balaban J connectivity index is 1.80. The van der Waals surface area contributed by atoms with Gasteiger partial charge in [-0.05, 0) is 42.5 Å². The van der Waals surface area contributed by atoms with Crippen molar-refractivity contribution in [1.29, 1.82) is 0 Å². The molecule has 2 heterocycles. The number of para-hydroxylation sites is 1. The fourth-order valence-corrected chi connectivity index (χ4v) is 4.23. The van der Waals surface area contributed by atoms with Crippen LogP contribution in [0.1, 0.15) is 5.56 Å². The van der Waals surface area contributed by atoms with E-state index < -0.39 is 0 Å². The van der Waals surface area contributed by atoms with Crippen LogP contribution in [-0.4, -0.2) is 31.5 Å². The Morgan fingerprint density at radius 2 is 1.86 bits per heavy atom. The molecule has 0 atom stereocenters. The van der Waals surface area contributed by atoms with Crippen molar-refractivity contribution in [3.05, 3.63) is 89.7 Å². The van der Waals surface area contributed by atoms with Crippen molar-refractivity contribution in [3.63, 3.8) is 0 Å². The van der Waals surface area contributed by atoms with E-state index in [2.05, 4.69) is 11.7 Å². The molecule has 1 aromatic heterocycles. The summed E-state index contributed by atoms with van der Waals surface area (Å²) in [5, 5.41) is 4.69. The fourth-order valence-electron chi connectivity index (χ4n) is 2.97. The lowest BCUT2D eigenvalue weighted by atomic mass is 10.1. The number of carbonyl (C=O) groups is 1. The number of aromatic nitrogens is 2. The van der Waals surface area contributed by atoms with Crippen LogP contribution in [-0.2, 0) is 4.79 Å². The van der Waals surface area contributed by atoms with Gasteiger partial charge in [0.2, 0.25) is 0 Å². The van der Waals surface area contributed by atoms with Gasteiger partial charge in [0.15, 0.2) is 0 Å². The second kappa shape index (κ2) is 8.14. The molecule has 3 aromatic rings. The molecule has 0 bridgehead atoms. The van der Waals surface area contributed by atoms with Crippen molar-refractivity contribution in [2.75, 3.05) is 6.54 Å². The SMILES string of the molecule is C=CCN1C(=O)/C(=C/c2cn(-c3ccccc3)nc2-c2ccc(F)cc2)SC1=S. The van der Waals surface area contributed by atoms with Crippen molar-refractivity contribution in [1.82, 2.24) is 14.7 Å². The molecule has 0 radical (unpaired) electrons. The van der Waals surface area contributed by atoms with Crippen LogP contribution in [0.5, 0.6) is 0 Å². The predicted octanol–water partition coefficient (Wildman–Crippen LogP) is 5.07. The van der Waals surface area contributed by atoms with Gasteiger partial charge in [-0.25, -0.2) is 9.07 Å². The first-order chi connectivity index (χ1) is 14.1. The molecule has 1 fully saturated rings. The van der Waals surface area contributed by atoms with Gasteiger partial charge in [-0.3, -0.25) is 9.69 Å². The molecule has 0 aliphatic carbocycles. The molecule has 4 nitrogen and oxygen atoms in total. The second-order valence-corrected chi connectivity index (χ2v) is 7.98. The van der Waals surface area contributed by atoms with E-state index in [1.165, 1.54) is 28.8 Å². The van der Waals surface area contributed by atoms with Crippen molar-refractivity contribution < 1.29 is 9.18 Å². The highest BCUT2D eigenvalue weighted by molar-refractivity contribution is 8.26. The molecule has 1 saturated heterocycles. The Labute approximate surface area is 177 Å². The van der Waals surface area contributed by atoms with E-state index in [0.29, 0.717) is 21.5 Å². The van der Waals surface area contributed by atoms with Gasteiger partial charge in [0.1, 0.15) is 10.1 Å². The number of nitrogens with zero attached hydrogens (tertiary/aromatic N) is 3. The average Bonchev–Trinajstić information content (AvgIpc) is 3.26. The number of hydrogen-bond donors (Lipinski definition) is 0. The van der Waals surface area contributed by atoms with E-state index in [0.717, 1.165) is 16.8 Å². The number of rotatable bonds is 5. The maximum absolute atomic E-state index is 13.4. The van der Waals surface area contributed by atoms with Gasteiger partial charge in [0.25, 0.3) is 5.91 Å². The van der Waals surface area contributed by atoms with Crippen LogP contribution in [0.2, 0.25) is 0 Å². The Hall–Kier alpha value is -3.03. The molecule has 2 aromatic carbocycles. The summed E-state index contributed by atoms with van der Waals surface area (Å²) < 4.78 is 15.6. The number of hydrogen-bond acceptors (Lipinski definition) is 4. The van der Waals surface area contributed by atoms with Crippen molar-refractivity contribution in [2.24, 2.45) is 0 Å². The summed E-state index contributed by atoms with van der Waals surface area (Å²) in [6.07, 6.45) is 5.28. The van der Waals surface area contributed by atoms with Crippen LogP contribution < -0.4 is 0 Å². The third-order valence-electron chi connectivity index (χ3n) is 4.35. The maximum atomic E-state index is 13.4. The largest absolute Gasteiger partial charge is 0.289 e. The number of amides is 1. The number of thioether (sulfide) groups is 1. The van der Waals surface area contributed by atoms with Gasteiger partial charge in [-0.1, -0.05) is 48.3 Å². The van der Waals surface area contributed by atoms with Gasteiger partial charge in [-0.2, -0.15) is 5.10 Å². The van der Waals surface area contributed by atoms with Crippen LogP contribution in [0.3, 0.4) is 0 Å². The zero-order valence-electron chi connectivity index (χ0n) is 15.3. The Bertz CT molecular complexity index is 1120. The zero-order valence-corrected chi connectivity index (χ0v) is 16.9. The molecule has 0 saturated carbocycles. The molecule has 0 unspecified atom stereocenters. The van der Waals surface area contributed by atoms with E-state index in [-0.39, 0.29) is 11.7 Å². The normalized spacial score (nSPS) is 15.3. The van der Waals surface area contributed by atoms with Gasteiger partial charge < -0.3 is 0 Å². The van der Waals surface area contributed by atoms with Gasteiger partial charge in [0.05, 0.1) is 16.3 Å². The zero-order chi connectivity index (χ0) is 20.4. The minimum Gasteiger partial charge on any atom is -0.289 e. The molecular weight excluding hydrogens is 405 g/mol. The lowest BCUT2D eigenvalue weighted by Gasteiger charge is -2.10. The number of halogens is 1. The topological polar surface area (TPSA) is 38.1 Å². The lowest BCUT2D eigenvalue weighted by molar-refractivity contribution is -0.121. The van der Waals surface area contributed by atoms with E-state index >= 15 is 0 Å². The summed E-state index contributed by atoms with van der Waals surface area (Å²) in [6, 6.07) is 15.8. The molecule has 29 heavy (non-hydrogen) atoms. The van der Waals surface area contributed by atoms with E-state index in [1.807, 2.05) is 36.5 Å². The fraction of sp³-hybridized carbons (Fsp3) is 0.0455. The third kappa shape index (κ3) is 3.92. The van der Waals surface area contributed by atoms with E-state index in [9.17, 15) is 9.18 Å². The van der Waals surface area contributed by atoms with Gasteiger partial charge >= 0.3 is 0 Å². The summed E-state index contributed by atoms with van der Waals surface area (Å²) in [7, 11) is 0. The van der Waals surface area contributed by atoms with Gasteiger partial charge in [-0.15, -0.1) is 6.58 Å². The minimum atomic E-state index is -0.317. The van der Waals surface area contributed by atoms with Crippen LogP contribution in [0, 0.1) is 5.82 Å². The van der Waals surface area contributed by atoms with E-state index in [4.69, 9.17) is 12.2 Å². The molecule has 1 aliphatic rings. The van der Waals surface area contributed by atoms with Crippen LogP contribution in [0.15, 0.2) is 78.4 Å². The summed E-state index contributed by atoms with van der Waals surface area (Å²) in [6.45, 7) is 4.04. The molecule has 0 N–H and O–H groups in total. The highest BCUT2D eigenvalue weighted by Gasteiger charge is 2.31. The summed E-state index contributed by atoms with van der Waals surface area (Å²) in [5.41, 5.74) is 3.05. The second-order valence-electron chi connectivity index (χ2n) is 6.30. The Morgan fingerprint density at radius 3 is 2.55 bits per heavy atom. The number of thiocarbonyl (C=S) groups is 1. The molecule has 1 aliphatic heterocycles. The summed E-state index contributed by atoms with van der Waals surface area (Å²) >= 11 is 6.57. The van der Waals surface area contributed by atoms with Gasteiger partial charge in [0, 0.05) is 23.9 Å². The van der Waals surface area contributed by atoms with Crippen molar-refractivity contribution in [3.8, 4) is 16.9 Å². The average molecular weight is 422 g/mol. The van der Waals surface area contributed by atoms with Crippen molar-refractivity contribution >= 4 is 40.3 Å². The van der Waals surface area contributed by atoms with E-state index in [1.54, 1.807) is 29.0 Å². The molecule has 0 spiro atoms. The highest BCUT2D eigenvalue weighted by Crippen LogP contribution is 2.34. The quantitative estimate of drug-likeness (QED) is 0.328. The molecule has 7 heteroatoms. The smallest absolute Gasteiger partial charge is 0.266 e. The Kier molecular flexibility index (Phi) is 5.42. The monoisotopic (exact) mass is 421 g/mol. The molecule has 4 rings (SSSR count). The van der Waals surface area contributed by atoms with Crippen LogP contribution in [0.4, 0.5) is 4.39 Å². The molecule has 144 valence electrons. The van der Waals surface area contributed by atoms with Crippen molar-refractivity contribution in [2.45, 2.75) is 0 Å². The van der Waals surface area contributed by atoms with Crippen LogP contribution in [0.25, 0.3) is 23.0 Å². The molecular formula is C22H16FN3OS2. The first kappa shape index (κ1) is 19.3. The first-order valence-corrected chi connectivity index (χ1v) is 10.1. The summed E-state index contributed by atoms with van der Waals surface area (Å²) in [5.74, 6) is -0.472. The lowest BCUT2D eigenvalue weighted by Crippen LogP contribution is -2.27. The predicted molar refractivity (Wildman–Crippen MR) is 119 cm³/mol. The highest BCUT2D eigenvalue weighted by atomic mass is 32.2.